The van der Waals surface area contributed by atoms with E-state index in [2.05, 4.69) is 10.1 Å². The van der Waals surface area contributed by atoms with Crippen molar-refractivity contribution in [1.82, 2.24) is 5.32 Å². The van der Waals surface area contributed by atoms with E-state index >= 15 is 0 Å². The molecule has 0 saturated carbocycles. The van der Waals surface area contributed by atoms with Crippen LogP contribution in [0.25, 0.3) is 0 Å². The lowest BCUT2D eigenvalue weighted by Gasteiger charge is -2.26. The quantitative estimate of drug-likeness (QED) is 0.728. The third kappa shape index (κ3) is 5.12. The molecule has 0 aliphatic carbocycles. The predicted octanol–water partition coefficient (Wildman–Crippen LogP) is 1.81. The molecule has 0 saturated heterocycles. The number of carboxylic acids is 1. The lowest BCUT2D eigenvalue weighted by Crippen LogP contribution is -2.50. The van der Waals surface area contributed by atoms with Crippen LogP contribution < -0.4 is 10.1 Å². The van der Waals surface area contributed by atoms with Crippen molar-refractivity contribution in [3.8, 4) is 5.75 Å². The van der Waals surface area contributed by atoms with E-state index in [9.17, 15) is 27.9 Å². The first-order valence-electron chi connectivity index (χ1n) is 6.86. The minimum absolute atomic E-state index is 0.393. The molecule has 1 amide bonds. The second-order valence-corrected chi connectivity index (χ2v) is 5.96. The van der Waals surface area contributed by atoms with Crippen molar-refractivity contribution in [3.05, 3.63) is 29.8 Å². The lowest BCUT2D eigenvalue weighted by atomic mass is 9.83. The number of aliphatic carboxylic acids is 1. The Morgan fingerprint density at radius 3 is 2.04 bits per heavy atom. The average Bonchev–Trinajstić information content (AvgIpc) is 2.43. The van der Waals surface area contributed by atoms with Crippen LogP contribution in [-0.4, -0.2) is 40.6 Å². The van der Waals surface area contributed by atoms with Gasteiger partial charge in [-0.05, 0) is 38.5 Å². The van der Waals surface area contributed by atoms with Gasteiger partial charge in [-0.2, -0.15) is 0 Å². The number of nitrogens with one attached hydrogen (secondary N) is 1. The van der Waals surface area contributed by atoms with Gasteiger partial charge < -0.3 is 20.3 Å². The maximum atomic E-state index is 12.2. The van der Waals surface area contributed by atoms with Crippen LogP contribution >= 0.6 is 0 Å². The van der Waals surface area contributed by atoms with Gasteiger partial charge in [0.15, 0.2) is 5.60 Å². The smallest absolute Gasteiger partial charge is 0.479 e. The van der Waals surface area contributed by atoms with Crippen LogP contribution in [0.5, 0.6) is 5.75 Å². The van der Waals surface area contributed by atoms with Crippen molar-refractivity contribution in [2.75, 3.05) is 6.54 Å². The Bertz CT molecular complexity index is 609. The molecule has 0 fully saturated rings. The molecule has 0 aliphatic rings. The first-order valence-corrected chi connectivity index (χ1v) is 6.86. The number of carbonyl (C=O) groups excluding carboxylic acids is 1. The van der Waals surface area contributed by atoms with Gasteiger partial charge in [-0.15, -0.1) is 13.2 Å². The van der Waals surface area contributed by atoms with Crippen LogP contribution in [-0.2, 0) is 15.0 Å². The zero-order valence-electron chi connectivity index (χ0n) is 13.3. The van der Waals surface area contributed by atoms with Gasteiger partial charge in [0.05, 0.1) is 12.0 Å². The summed E-state index contributed by atoms with van der Waals surface area (Å²) in [6.45, 7) is 3.54. The molecule has 0 radical (unpaired) electrons. The molecule has 3 N–H and O–H groups in total. The van der Waals surface area contributed by atoms with E-state index in [1.54, 1.807) is 0 Å². The van der Waals surface area contributed by atoms with Gasteiger partial charge in [0.1, 0.15) is 5.75 Å². The van der Waals surface area contributed by atoms with Crippen LogP contribution in [0.15, 0.2) is 24.3 Å². The molecule has 24 heavy (non-hydrogen) atoms. The molecule has 0 aromatic heterocycles. The third-order valence-corrected chi connectivity index (χ3v) is 3.43. The highest BCUT2D eigenvalue weighted by Crippen LogP contribution is 2.28. The van der Waals surface area contributed by atoms with E-state index < -0.39 is 41.5 Å². The molecule has 1 unspecified atom stereocenters. The maximum Gasteiger partial charge on any atom is 0.573 e. The fourth-order valence-corrected chi connectivity index (χ4v) is 1.75. The summed E-state index contributed by atoms with van der Waals surface area (Å²) < 4.78 is 40.1. The summed E-state index contributed by atoms with van der Waals surface area (Å²) in [6, 6.07) is 4.75. The zero-order chi connectivity index (χ0) is 18.8. The molecule has 1 rings (SSSR count). The molecule has 0 bridgehead atoms. The average molecular weight is 349 g/mol. The second kappa shape index (κ2) is 6.68. The topological polar surface area (TPSA) is 95.9 Å². The number of ether oxygens (including phenoxy) is 1. The number of halogens is 3. The Labute approximate surface area is 136 Å². The summed E-state index contributed by atoms with van der Waals surface area (Å²) in [4.78, 5) is 23.0. The fraction of sp³-hybridized carbons (Fsp3) is 0.467. The van der Waals surface area contributed by atoms with Crippen molar-refractivity contribution in [1.29, 1.82) is 0 Å². The number of aliphatic hydroxyl groups is 1. The standard InChI is InChI=1S/C15H18F3NO5/c1-13(2,11(20)19-8-14(3,23)12(21)22)9-4-6-10(7-5-9)24-15(16,17)18/h4-7,23H,8H2,1-3H3,(H,19,20)(H,21,22). The molecule has 134 valence electrons. The van der Waals surface area contributed by atoms with Gasteiger partial charge in [0.25, 0.3) is 0 Å². The Balaban J connectivity index is 2.83. The number of amides is 1. The van der Waals surface area contributed by atoms with Crippen molar-refractivity contribution in [2.24, 2.45) is 0 Å². The van der Waals surface area contributed by atoms with Gasteiger partial charge in [0.2, 0.25) is 5.91 Å². The van der Waals surface area contributed by atoms with E-state index in [-0.39, 0.29) is 0 Å². The zero-order valence-corrected chi connectivity index (χ0v) is 13.3. The highest BCUT2D eigenvalue weighted by molar-refractivity contribution is 5.88. The first kappa shape index (κ1) is 19.8. The summed E-state index contributed by atoms with van der Waals surface area (Å²) in [5, 5.41) is 20.7. The van der Waals surface area contributed by atoms with Crippen molar-refractivity contribution >= 4 is 11.9 Å². The van der Waals surface area contributed by atoms with Crippen molar-refractivity contribution < 1.29 is 37.7 Å². The molecule has 1 aromatic carbocycles. The van der Waals surface area contributed by atoms with Crippen LogP contribution in [0.4, 0.5) is 13.2 Å². The van der Waals surface area contributed by atoms with Crippen LogP contribution in [0.2, 0.25) is 0 Å². The second-order valence-electron chi connectivity index (χ2n) is 5.96. The van der Waals surface area contributed by atoms with Crippen molar-refractivity contribution in [3.63, 3.8) is 0 Å². The number of alkyl halides is 3. The van der Waals surface area contributed by atoms with E-state index in [0.717, 1.165) is 19.1 Å². The summed E-state index contributed by atoms with van der Waals surface area (Å²) in [5.41, 5.74) is -2.90. The fourth-order valence-electron chi connectivity index (χ4n) is 1.75. The highest BCUT2D eigenvalue weighted by atomic mass is 19.4. The number of hydrogen-bond acceptors (Lipinski definition) is 4. The lowest BCUT2D eigenvalue weighted by molar-refractivity contribution is -0.274. The number of carboxylic acid groups (broad SMARTS) is 1. The van der Waals surface area contributed by atoms with Gasteiger partial charge in [0, 0.05) is 0 Å². The molecule has 0 spiro atoms. The molecular formula is C15H18F3NO5. The SMILES string of the molecule is CC(O)(CNC(=O)C(C)(C)c1ccc(OC(F)(F)F)cc1)C(=O)O. The van der Waals surface area contributed by atoms with Gasteiger partial charge >= 0.3 is 12.3 Å². The van der Waals surface area contributed by atoms with E-state index in [0.29, 0.717) is 5.56 Å². The Hall–Kier alpha value is -2.29. The molecule has 1 atom stereocenters. The normalized spacial score (nSPS) is 14.6. The molecule has 1 aromatic rings. The summed E-state index contributed by atoms with van der Waals surface area (Å²) in [5.74, 6) is -2.50. The summed E-state index contributed by atoms with van der Waals surface area (Å²) >= 11 is 0. The number of carbonyl (C=O) groups is 2. The monoisotopic (exact) mass is 349 g/mol. The molecule has 0 heterocycles. The van der Waals surface area contributed by atoms with Gasteiger partial charge in [-0.25, -0.2) is 4.79 Å². The Kier molecular flexibility index (Phi) is 5.50. The highest BCUT2D eigenvalue weighted by Gasteiger charge is 2.35. The predicted molar refractivity (Wildman–Crippen MR) is 77.4 cm³/mol. The summed E-state index contributed by atoms with van der Waals surface area (Å²) in [7, 11) is 0. The van der Waals surface area contributed by atoms with Gasteiger partial charge in [-0.1, -0.05) is 12.1 Å². The van der Waals surface area contributed by atoms with Crippen molar-refractivity contribution in [2.45, 2.75) is 38.1 Å². The molecular weight excluding hydrogens is 331 g/mol. The number of rotatable bonds is 6. The summed E-state index contributed by atoms with van der Waals surface area (Å²) in [6.07, 6.45) is -4.81. The number of benzene rings is 1. The Morgan fingerprint density at radius 1 is 1.12 bits per heavy atom. The van der Waals surface area contributed by atoms with E-state index in [1.807, 2.05) is 0 Å². The molecule has 0 aliphatic heterocycles. The Morgan fingerprint density at radius 2 is 1.62 bits per heavy atom. The third-order valence-electron chi connectivity index (χ3n) is 3.43. The largest absolute Gasteiger partial charge is 0.573 e. The van der Waals surface area contributed by atoms with Crippen LogP contribution in [0.1, 0.15) is 26.3 Å². The van der Waals surface area contributed by atoms with Gasteiger partial charge in [-0.3, -0.25) is 4.79 Å². The number of hydrogen-bond donors (Lipinski definition) is 3. The maximum absolute atomic E-state index is 12.2. The molecule has 6 nitrogen and oxygen atoms in total. The molecule has 9 heteroatoms. The first-order chi connectivity index (χ1) is 10.8. The van der Waals surface area contributed by atoms with E-state index in [4.69, 9.17) is 5.11 Å². The van der Waals surface area contributed by atoms with Crippen LogP contribution in [0, 0.1) is 0 Å². The van der Waals surface area contributed by atoms with E-state index in [1.165, 1.54) is 26.0 Å². The van der Waals surface area contributed by atoms with Crippen LogP contribution in [0.3, 0.4) is 0 Å². The minimum atomic E-state index is -4.81. The minimum Gasteiger partial charge on any atom is -0.479 e.